The number of hydrogen-bond acceptors (Lipinski definition) is 1. The van der Waals surface area contributed by atoms with Crippen LogP contribution in [0.25, 0.3) is 21.9 Å². The molecule has 0 unspecified atom stereocenters. The van der Waals surface area contributed by atoms with Crippen LogP contribution >= 0.6 is 0 Å². The third-order valence-corrected chi connectivity index (χ3v) is 7.05. The molecule has 0 amide bonds. The highest BCUT2D eigenvalue weighted by atomic mass is 28.3. The summed E-state index contributed by atoms with van der Waals surface area (Å²) in [5, 5.41) is 7.53. The number of rotatable bonds is 4. The Hall–Kier alpha value is -2.84. The predicted octanol–water partition coefficient (Wildman–Crippen LogP) is 6.80. The number of hydrogen-bond donors (Lipinski definition) is 1. The number of anilines is 2. The SMILES string of the molecule is C[Si-](C)(C)c1ccc(Nc2ccc3cc(-c4ccccc4)ccc3c2)cc1. The Labute approximate surface area is 162 Å². The molecule has 27 heavy (non-hydrogen) atoms. The Morgan fingerprint density at radius 3 is 1.89 bits per heavy atom. The molecule has 0 saturated carbocycles. The fourth-order valence-corrected chi connectivity index (χ4v) is 4.52. The first kappa shape index (κ1) is 17.6. The zero-order chi connectivity index (χ0) is 18.9. The number of nitrogens with one attached hydrogen (secondary N) is 1. The Bertz CT molecular complexity index is 1060. The van der Waals surface area contributed by atoms with Crippen LogP contribution in [0, 0.1) is 0 Å². The summed E-state index contributed by atoms with van der Waals surface area (Å²) in [5.41, 5.74) is 4.77. The highest BCUT2D eigenvalue weighted by Gasteiger charge is 2.04. The minimum Gasteiger partial charge on any atom is -0.356 e. The fraction of sp³-hybridized carbons (Fsp3) is 0.120. The molecule has 0 saturated heterocycles. The minimum absolute atomic E-state index is 1.12. The molecule has 135 valence electrons. The van der Waals surface area contributed by atoms with E-state index in [0.29, 0.717) is 0 Å². The van der Waals surface area contributed by atoms with Crippen LogP contribution in [0.2, 0.25) is 19.6 Å². The molecule has 0 aliphatic heterocycles. The second-order valence-electron chi connectivity index (χ2n) is 8.10. The highest BCUT2D eigenvalue weighted by Crippen LogP contribution is 2.27. The van der Waals surface area contributed by atoms with E-state index < -0.39 is 8.07 Å². The summed E-state index contributed by atoms with van der Waals surface area (Å²) in [5.74, 6) is 0. The standard InChI is InChI=1S/C25H25NSi/c1-27(2,3)25-15-13-23(14-16-25)26-24-12-11-21-17-20(9-10-22(21)18-24)19-7-5-4-6-8-19/h4-18,26H,1-3H3/q-1. The summed E-state index contributed by atoms with van der Waals surface area (Å²) < 4.78 is 0. The predicted molar refractivity (Wildman–Crippen MR) is 122 cm³/mol. The smallest absolute Gasteiger partial charge is 0.0390 e. The molecule has 0 spiro atoms. The van der Waals surface area contributed by atoms with E-state index in [1.54, 1.807) is 0 Å². The Kier molecular flexibility index (Phi) is 4.59. The maximum Gasteiger partial charge on any atom is 0.0390 e. The normalized spacial score (nSPS) is 11.5. The van der Waals surface area contributed by atoms with Gasteiger partial charge in [0.15, 0.2) is 0 Å². The van der Waals surface area contributed by atoms with E-state index in [1.165, 1.54) is 27.1 Å². The van der Waals surface area contributed by atoms with E-state index in [2.05, 4.69) is 116 Å². The van der Waals surface area contributed by atoms with Crippen molar-refractivity contribution in [3.8, 4) is 11.1 Å². The van der Waals surface area contributed by atoms with E-state index >= 15 is 0 Å². The molecule has 1 N–H and O–H groups in total. The molecular formula is C25H25NSi-. The number of fused-ring (bicyclic) bond motifs is 1. The lowest BCUT2D eigenvalue weighted by Crippen LogP contribution is -2.37. The molecule has 0 heterocycles. The van der Waals surface area contributed by atoms with Gasteiger partial charge in [-0.25, -0.2) is 0 Å². The monoisotopic (exact) mass is 367 g/mol. The summed E-state index contributed by atoms with van der Waals surface area (Å²) in [6.07, 6.45) is 0. The molecule has 0 fully saturated rings. The van der Waals surface area contributed by atoms with Gasteiger partial charge in [0.05, 0.1) is 0 Å². The van der Waals surface area contributed by atoms with Gasteiger partial charge < -0.3 is 5.32 Å². The van der Waals surface area contributed by atoms with Crippen molar-refractivity contribution in [3.05, 3.63) is 91.0 Å². The second-order valence-corrected chi connectivity index (χ2v) is 13.2. The second kappa shape index (κ2) is 7.05. The largest absolute Gasteiger partial charge is 0.356 e. The van der Waals surface area contributed by atoms with Gasteiger partial charge >= 0.3 is 0 Å². The molecule has 0 aliphatic carbocycles. The van der Waals surface area contributed by atoms with Gasteiger partial charge in [0, 0.05) is 11.4 Å². The molecule has 2 heteroatoms. The van der Waals surface area contributed by atoms with E-state index in [0.717, 1.165) is 11.4 Å². The van der Waals surface area contributed by atoms with Crippen LogP contribution in [0.15, 0.2) is 91.0 Å². The van der Waals surface area contributed by atoms with Gasteiger partial charge in [0.2, 0.25) is 0 Å². The zero-order valence-corrected chi connectivity index (χ0v) is 17.2. The highest BCUT2D eigenvalue weighted by molar-refractivity contribution is 6.88. The molecule has 0 radical (unpaired) electrons. The molecule has 4 aromatic carbocycles. The van der Waals surface area contributed by atoms with E-state index in [1.807, 2.05) is 0 Å². The van der Waals surface area contributed by atoms with Crippen molar-refractivity contribution in [2.45, 2.75) is 19.6 Å². The molecule has 0 bridgehead atoms. The van der Waals surface area contributed by atoms with Crippen molar-refractivity contribution < 1.29 is 0 Å². The zero-order valence-electron chi connectivity index (χ0n) is 16.2. The van der Waals surface area contributed by atoms with Gasteiger partial charge in [-0.05, 0) is 52.2 Å². The van der Waals surface area contributed by atoms with Gasteiger partial charge in [-0.15, -0.1) is 8.07 Å². The first-order valence-corrected chi connectivity index (χ1v) is 13.0. The molecule has 4 rings (SSSR count). The van der Waals surface area contributed by atoms with Crippen LogP contribution in [-0.2, 0) is 0 Å². The van der Waals surface area contributed by atoms with Crippen LogP contribution in [-0.4, -0.2) is 8.07 Å². The van der Waals surface area contributed by atoms with E-state index in [-0.39, 0.29) is 0 Å². The third kappa shape index (κ3) is 3.96. The summed E-state index contributed by atoms with van der Waals surface area (Å²) >= 11 is 0. The van der Waals surface area contributed by atoms with Gasteiger partial charge in [0.1, 0.15) is 0 Å². The maximum absolute atomic E-state index is 3.54. The summed E-state index contributed by atoms with van der Waals surface area (Å²) in [7, 11) is -1.25. The van der Waals surface area contributed by atoms with Gasteiger partial charge in [-0.3, -0.25) is 0 Å². The van der Waals surface area contributed by atoms with Gasteiger partial charge in [0.25, 0.3) is 0 Å². The molecular weight excluding hydrogens is 342 g/mol. The van der Waals surface area contributed by atoms with Gasteiger partial charge in [-0.1, -0.05) is 60.7 Å². The van der Waals surface area contributed by atoms with E-state index in [4.69, 9.17) is 0 Å². The Morgan fingerprint density at radius 2 is 1.19 bits per heavy atom. The van der Waals surface area contributed by atoms with Crippen molar-refractivity contribution >= 4 is 35.4 Å². The topological polar surface area (TPSA) is 12.0 Å². The van der Waals surface area contributed by atoms with E-state index in [9.17, 15) is 0 Å². The average Bonchev–Trinajstić information content (AvgIpc) is 2.68. The first-order valence-electron chi connectivity index (χ1n) is 9.46. The molecule has 1 nitrogen and oxygen atoms in total. The lowest BCUT2D eigenvalue weighted by atomic mass is 10.0. The van der Waals surface area contributed by atoms with Crippen LogP contribution in [0.4, 0.5) is 11.4 Å². The lowest BCUT2D eigenvalue weighted by Gasteiger charge is -2.29. The molecule has 4 aromatic rings. The van der Waals surface area contributed by atoms with Crippen molar-refractivity contribution in [2.75, 3.05) is 5.32 Å². The first-order chi connectivity index (χ1) is 13.0. The fourth-order valence-electron chi connectivity index (χ4n) is 3.35. The average molecular weight is 368 g/mol. The molecule has 0 aliphatic rings. The van der Waals surface area contributed by atoms with Crippen molar-refractivity contribution in [1.29, 1.82) is 0 Å². The lowest BCUT2D eigenvalue weighted by molar-refractivity contribution is 1.57. The Morgan fingerprint density at radius 1 is 0.556 bits per heavy atom. The third-order valence-electron chi connectivity index (χ3n) is 4.99. The van der Waals surface area contributed by atoms with Crippen LogP contribution in [0.3, 0.4) is 0 Å². The summed E-state index contributed by atoms with van der Waals surface area (Å²) in [6, 6.07) is 32.7. The van der Waals surface area contributed by atoms with Gasteiger partial charge in [-0.2, -0.15) is 24.8 Å². The number of benzene rings is 4. The molecule has 0 atom stereocenters. The maximum atomic E-state index is 3.54. The summed E-state index contributed by atoms with van der Waals surface area (Å²) in [6.45, 7) is 7.13. The van der Waals surface area contributed by atoms with Crippen molar-refractivity contribution in [3.63, 3.8) is 0 Å². The summed E-state index contributed by atoms with van der Waals surface area (Å²) in [4.78, 5) is 0. The van der Waals surface area contributed by atoms with Crippen LogP contribution in [0.5, 0.6) is 0 Å². The Balaban J connectivity index is 1.58. The van der Waals surface area contributed by atoms with Crippen LogP contribution < -0.4 is 10.5 Å². The quantitative estimate of drug-likeness (QED) is 0.391. The molecule has 0 aromatic heterocycles. The van der Waals surface area contributed by atoms with Crippen molar-refractivity contribution in [2.24, 2.45) is 0 Å². The van der Waals surface area contributed by atoms with Crippen LogP contribution in [0.1, 0.15) is 0 Å². The van der Waals surface area contributed by atoms with Crippen molar-refractivity contribution in [1.82, 2.24) is 0 Å². The minimum atomic E-state index is -1.25.